The van der Waals surface area contributed by atoms with E-state index >= 15 is 0 Å². The van der Waals surface area contributed by atoms with Crippen LogP contribution in [0.15, 0.2) is 171 Å². The van der Waals surface area contributed by atoms with Gasteiger partial charge in [-0.25, -0.2) is 9.97 Å². The molecule has 9 aromatic rings. The molecule has 0 spiro atoms. The fraction of sp³-hybridized carbons (Fsp3) is 0.0217. The summed E-state index contributed by atoms with van der Waals surface area (Å²) in [6, 6.07) is 38.7. The molecule has 0 amide bonds. The predicted molar refractivity (Wildman–Crippen MR) is 222 cm³/mol. The molecule has 0 saturated carbocycles. The van der Waals surface area contributed by atoms with E-state index in [-0.39, 0.29) is 19.5 Å². The molecule has 1 radical (unpaired) electrons. The van der Waals surface area contributed by atoms with Gasteiger partial charge in [-0.2, -0.15) is 0 Å². The predicted octanol–water partition coefficient (Wildman–Crippen LogP) is 9.37. The van der Waals surface area contributed by atoms with Crippen LogP contribution in [0.5, 0.6) is 0 Å². The van der Waals surface area contributed by atoms with E-state index in [0.29, 0.717) is 5.69 Å². The molecule has 6 aromatic heterocycles. The van der Waals surface area contributed by atoms with Gasteiger partial charge in [0.2, 0.25) is 0 Å². The minimum absolute atomic E-state index is 0. The van der Waals surface area contributed by atoms with Gasteiger partial charge in [0.15, 0.2) is 0 Å². The first kappa shape index (κ1) is 37.1. The van der Waals surface area contributed by atoms with Crippen molar-refractivity contribution in [3.05, 3.63) is 193 Å². The Morgan fingerprint density at radius 1 is 0.500 bits per heavy atom. The number of allylic oxidation sites excluding steroid dienone is 2. The molecule has 2 N–H and O–H groups in total. The molecule has 9 nitrogen and oxygen atoms in total. The molecule has 0 saturated heterocycles. The Labute approximate surface area is 336 Å². The number of anilines is 1. The van der Waals surface area contributed by atoms with Crippen LogP contribution >= 0.6 is 0 Å². The van der Waals surface area contributed by atoms with Crippen LogP contribution in [0, 0.1) is 11.8 Å². The number of rotatable bonds is 2. The topological polar surface area (TPSA) is 130 Å². The zero-order valence-corrected chi connectivity index (χ0v) is 31.6. The van der Waals surface area contributed by atoms with E-state index in [9.17, 15) is 0 Å². The molecule has 269 valence electrons. The van der Waals surface area contributed by atoms with Crippen LogP contribution in [0.3, 0.4) is 0 Å². The summed E-state index contributed by atoms with van der Waals surface area (Å²) in [7, 11) is 0. The number of aromatic nitrogens is 7. The van der Waals surface area contributed by atoms with E-state index in [0.717, 1.165) is 84.3 Å². The minimum Gasteiger partial charge on any atom is -0.679 e. The van der Waals surface area contributed by atoms with Gasteiger partial charge >= 0.3 is 19.5 Å². The second kappa shape index (κ2) is 17.7. The van der Waals surface area contributed by atoms with E-state index < -0.39 is 0 Å². The van der Waals surface area contributed by atoms with Gasteiger partial charge in [0.05, 0.1) is 44.5 Å². The summed E-state index contributed by atoms with van der Waals surface area (Å²) in [5, 5.41) is 6.20. The second-order valence-electron chi connectivity index (χ2n) is 12.3. The van der Waals surface area contributed by atoms with Crippen molar-refractivity contribution in [1.29, 1.82) is 0 Å². The van der Waals surface area contributed by atoms with Crippen molar-refractivity contribution < 1.29 is 19.5 Å². The van der Waals surface area contributed by atoms with Gasteiger partial charge in [-0.3, -0.25) is 24.9 Å². The Hall–Kier alpha value is -7.21. The Kier molecular flexibility index (Phi) is 11.8. The van der Waals surface area contributed by atoms with Crippen molar-refractivity contribution in [2.24, 2.45) is 0 Å². The number of pyridine rings is 5. The second-order valence-corrected chi connectivity index (χ2v) is 12.3. The van der Waals surface area contributed by atoms with Crippen molar-refractivity contribution in [2.75, 3.05) is 12.3 Å². The normalized spacial score (nSPS) is 11.5. The molecule has 7 heterocycles. The molecule has 1 aliphatic rings. The standard InChI is InChI=1S/C26H15N5.C10H9N2.C10H8N2.Ru/c27-18-5-1-4-16(14-18)8-9-17-10-11-21-22(15-17)31-26-20-7-3-13-29-24(20)23-19(25(26)30-21)6-2-12-28-23;2*1-3-7-11-9(5-1)10-6-2-4-8-12-10;/h1-7,10-15H,27H2;1-7H,8H2;1-8H;/q;-1;;+1. The summed E-state index contributed by atoms with van der Waals surface area (Å²) in [6.45, 7) is 0.766. The molecule has 56 heavy (non-hydrogen) atoms. The Morgan fingerprint density at radius 2 is 1.07 bits per heavy atom. The van der Waals surface area contributed by atoms with Crippen LogP contribution in [0.2, 0.25) is 0 Å². The molecule has 10 heteroatoms. The Balaban J connectivity index is 0.000000157. The van der Waals surface area contributed by atoms with Crippen LogP contribution in [-0.4, -0.2) is 41.4 Å². The van der Waals surface area contributed by atoms with Gasteiger partial charge in [0, 0.05) is 64.3 Å². The van der Waals surface area contributed by atoms with Gasteiger partial charge in [-0.05, 0) is 97.1 Å². The third kappa shape index (κ3) is 8.60. The first-order valence-corrected chi connectivity index (χ1v) is 17.6. The molecule has 0 atom stereocenters. The first-order valence-electron chi connectivity index (χ1n) is 17.6. The fourth-order valence-corrected chi connectivity index (χ4v) is 5.97. The summed E-state index contributed by atoms with van der Waals surface area (Å²) in [5.74, 6) is 6.36. The smallest absolute Gasteiger partial charge is 0.679 e. The van der Waals surface area contributed by atoms with Gasteiger partial charge < -0.3 is 11.1 Å². The molecule has 1 aliphatic heterocycles. The Bertz CT molecular complexity index is 2850. The summed E-state index contributed by atoms with van der Waals surface area (Å²) in [4.78, 5) is 31.6. The minimum atomic E-state index is 0. The molecular weight excluding hydrogens is 780 g/mol. The van der Waals surface area contributed by atoms with Gasteiger partial charge in [0.25, 0.3) is 0 Å². The SMILES string of the molecule is C1=CC[N-]C(c2ccccn2)=C1.Nc1cccc(C#Cc2ccc3nc4c5cccnc5c5ncccc5c4nc3c2)c1.[Ru+].c1ccc(-c2ccccn2)nc1. The van der Waals surface area contributed by atoms with E-state index in [2.05, 4.69) is 42.1 Å². The summed E-state index contributed by atoms with van der Waals surface area (Å²) in [6.07, 6.45) is 14.9. The largest absolute Gasteiger partial charge is 1.00 e. The van der Waals surface area contributed by atoms with Gasteiger partial charge in [-0.15, -0.1) is 18.3 Å². The quantitative estimate of drug-likeness (QED) is 0.0601. The number of hydrogen-bond donors (Lipinski definition) is 1. The third-order valence-electron chi connectivity index (χ3n) is 8.53. The number of nitrogens with zero attached hydrogens (tertiary/aromatic N) is 8. The number of nitrogens with two attached hydrogens (primary N) is 1. The van der Waals surface area contributed by atoms with Gasteiger partial charge in [0.1, 0.15) is 0 Å². The monoisotopic (exact) mass is 812 g/mol. The Morgan fingerprint density at radius 3 is 1.62 bits per heavy atom. The molecular formula is C46H32N9Ru. The maximum atomic E-state index is 5.84. The number of fused-ring (bicyclic) bond motifs is 7. The average molecular weight is 812 g/mol. The van der Waals surface area contributed by atoms with Crippen LogP contribution in [0.1, 0.15) is 16.8 Å². The van der Waals surface area contributed by atoms with Crippen molar-refractivity contribution >= 4 is 55.3 Å². The molecule has 3 aromatic carbocycles. The van der Waals surface area contributed by atoms with E-state index in [1.54, 1.807) is 31.0 Å². The van der Waals surface area contributed by atoms with Crippen LogP contribution in [-0.2, 0) is 19.5 Å². The number of nitrogen functional groups attached to an aromatic ring is 1. The van der Waals surface area contributed by atoms with E-state index in [4.69, 9.17) is 15.7 Å². The van der Waals surface area contributed by atoms with E-state index in [1.165, 1.54) is 0 Å². The van der Waals surface area contributed by atoms with E-state index in [1.807, 2.05) is 140 Å². The maximum Gasteiger partial charge on any atom is 1.00 e. The molecule has 10 rings (SSSR count). The third-order valence-corrected chi connectivity index (χ3v) is 8.53. The molecule has 0 fully saturated rings. The van der Waals surface area contributed by atoms with Gasteiger partial charge in [-0.1, -0.05) is 48.3 Å². The average Bonchev–Trinajstić information content (AvgIpc) is 3.27. The number of benzene rings is 3. The zero-order valence-electron chi connectivity index (χ0n) is 29.9. The van der Waals surface area contributed by atoms with Crippen molar-refractivity contribution in [3.63, 3.8) is 0 Å². The molecule has 0 unspecified atom stereocenters. The maximum absolute atomic E-state index is 5.84. The zero-order chi connectivity index (χ0) is 37.2. The number of hydrogen-bond acceptors (Lipinski definition) is 8. The van der Waals surface area contributed by atoms with Crippen LogP contribution in [0.25, 0.3) is 66.3 Å². The summed E-state index contributed by atoms with van der Waals surface area (Å²) in [5.41, 5.74) is 17.0. The molecule has 0 aliphatic carbocycles. The van der Waals surface area contributed by atoms with Crippen LogP contribution in [0.4, 0.5) is 5.69 Å². The van der Waals surface area contributed by atoms with Crippen LogP contribution < -0.4 is 5.73 Å². The molecule has 0 bridgehead atoms. The van der Waals surface area contributed by atoms with Crippen molar-refractivity contribution in [3.8, 4) is 23.2 Å². The first-order chi connectivity index (χ1) is 27.2. The summed E-state index contributed by atoms with van der Waals surface area (Å²) < 4.78 is 0. The fourth-order valence-electron chi connectivity index (χ4n) is 5.97. The van der Waals surface area contributed by atoms with Crippen molar-refractivity contribution in [1.82, 2.24) is 34.9 Å². The summed E-state index contributed by atoms with van der Waals surface area (Å²) >= 11 is 0. The van der Waals surface area contributed by atoms with Crippen molar-refractivity contribution in [2.45, 2.75) is 0 Å².